The zero-order valence-electron chi connectivity index (χ0n) is 17.0. The number of hydrogen-bond acceptors (Lipinski definition) is 6. The smallest absolute Gasteiger partial charge is 0.313 e. The molecule has 3 saturated heterocycles. The Hall–Kier alpha value is -1.02. The molecule has 4 fully saturated rings. The van der Waals surface area contributed by atoms with Gasteiger partial charge in [0.1, 0.15) is 36.6 Å². The third kappa shape index (κ3) is 3.51. The third-order valence-corrected chi connectivity index (χ3v) is 5.49. The summed E-state index contributed by atoms with van der Waals surface area (Å²) in [5.41, 5.74) is 0.854. The maximum Gasteiger partial charge on any atom is 0.313 e. The number of benzene rings is 1. The van der Waals surface area contributed by atoms with Crippen LogP contribution in [0.3, 0.4) is 0 Å². The molecular formula is C22H32O6. The summed E-state index contributed by atoms with van der Waals surface area (Å²) >= 11 is 0. The molecule has 4 bridgehead atoms. The Labute approximate surface area is 167 Å². The molecule has 6 heteroatoms. The van der Waals surface area contributed by atoms with Crippen molar-refractivity contribution in [2.75, 3.05) is 19.8 Å². The van der Waals surface area contributed by atoms with Crippen LogP contribution in [0, 0.1) is 0 Å². The SMILES string of the molecule is CCCOC1C2OC3(c4ccccc4)OC1C(OCCC)C(O3)C2OCCC. The average molecular weight is 392 g/mol. The molecule has 1 aromatic carbocycles. The Bertz CT molecular complexity index is 556. The molecule has 3 aliphatic heterocycles. The van der Waals surface area contributed by atoms with Crippen LogP contribution in [0.4, 0.5) is 0 Å². The largest absolute Gasteiger partial charge is 0.373 e. The molecule has 4 aliphatic rings. The lowest BCUT2D eigenvalue weighted by atomic mass is 9.80. The first-order valence-electron chi connectivity index (χ1n) is 10.7. The van der Waals surface area contributed by atoms with Gasteiger partial charge in [-0.1, -0.05) is 51.1 Å². The van der Waals surface area contributed by atoms with Gasteiger partial charge in [0.25, 0.3) is 0 Å². The summed E-state index contributed by atoms with van der Waals surface area (Å²) in [7, 11) is 0. The molecule has 1 aliphatic carbocycles. The summed E-state index contributed by atoms with van der Waals surface area (Å²) in [5, 5.41) is 0. The van der Waals surface area contributed by atoms with E-state index in [1.165, 1.54) is 0 Å². The van der Waals surface area contributed by atoms with Crippen molar-refractivity contribution in [3.05, 3.63) is 35.9 Å². The van der Waals surface area contributed by atoms with Gasteiger partial charge in [-0.25, -0.2) is 0 Å². The molecule has 0 amide bonds. The van der Waals surface area contributed by atoms with E-state index in [-0.39, 0.29) is 36.6 Å². The predicted molar refractivity (Wildman–Crippen MR) is 103 cm³/mol. The second-order valence-corrected chi connectivity index (χ2v) is 7.68. The summed E-state index contributed by atoms with van der Waals surface area (Å²) in [4.78, 5) is 0. The van der Waals surface area contributed by atoms with Gasteiger partial charge in [0.15, 0.2) is 0 Å². The quantitative estimate of drug-likeness (QED) is 0.608. The van der Waals surface area contributed by atoms with Crippen molar-refractivity contribution in [1.29, 1.82) is 0 Å². The fourth-order valence-corrected chi connectivity index (χ4v) is 4.32. The van der Waals surface area contributed by atoms with Crippen molar-refractivity contribution in [2.24, 2.45) is 0 Å². The highest BCUT2D eigenvalue weighted by Gasteiger charge is 2.69. The maximum atomic E-state index is 6.42. The van der Waals surface area contributed by atoms with Crippen LogP contribution in [0.1, 0.15) is 45.6 Å². The van der Waals surface area contributed by atoms with Crippen molar-refractivity contribution in [1.82, 2.24) is 0 Å². The minimum atomic E-state index is -1.22. The monoisotopic (exact) mass is 392 g/mol. The molecule has 156 valence electrons. The van der Waals surface area contributed by atoms with Gasteiger partial charge in [0.05, 0.1) is 0 Å². The number of ether oxygens (including phenoxy) is 6. The minimum absolute atomic E-state index is 0.236. The second kappa shape index (κ2) is 8.78. The lowest BCUT2D eigenvalue weighted by Gasteiger charge is -2.62. The Morgan fingerprint density at radius 2 is 1.07 bits per heavy atom. The van der Waals surface area contributed by atoms with E-state index in [2.05, 4.69) is 20.8 Å². The van der Waals surface area contributed by atoms with Crippen molar-refractivity contribution >= 4 is 0 Å². The molecule has 1 aromatic rings. The first kappa shape index (κ1) is 20.3. The summed E-state index contributed by atoms with van der Waals surface area (Å²) in [6.07, 6.45) is 1.33. The van der Waals surface area contributed by atoms with Gasteiger partial charge in [-0.05, 0) is 19.3 Å². The van der Waals surface area contributed by atoms with E-state index in [1.807, 2.05) is 30.3 Å². The van der Waals surface area contributed by atoms with E-state index in [0.29, 0.717) is 19.8 Å². The molecule has 0 N–H and O–H groups in total. The van der Waals surface area contributed by atoms with Crippen LogP contribution in [0.15, 0.2) is 30.3 Å². The first-order valence-corrected chi connectivity index (χ1v) is 10.7. The summed E-state index contributed by atoms with van der Waals surface area (Å²) < 4.78 is 37.9. The Morgan fingerprint density at radius 1 is 0.679 bits per heavy atom. The summed E-state index contributed by atoms with van der Waals surface area (Å²) in [5.74, 6) is -1.22. The molecule has 28 heavy (non-hydrogen) atoms. The van der Waals surface area contributed by atoms with E-state index >= 15 is 0 Å². The van der Waals surface area contributed by atoms with Gasteiger partial charge < -0.3 is 28.4 Å². The van der Waals surface area contributed by atoms with E-state index < -0.39 is 5.97 Å². The van der Waals surface area contributed by atoms with Crippen LogP contribution in [-0.4, -0.2) is 56.4 Å². The predicted octanol–water partition coefficient (Wildman–Crippen LogP) is 3.38. The van der Waals surface area contributed by atoms with E-state index in [1.54, 1.807) is 0 Å². The van der Waals surface area contributed by atoms with Crippen molar-refractivity contribution in [3.63, 3.8) is 0 Å². The van der Waals surface area contributed by atoms with E-state index in [9.17, 15) is 0 Å². The minimum Gasteiger partial charge on any atom is -0.373 e. The van der Waals surface area contributed by atoms with E-state index in [0.717, 1.165) is 24.8 Å². The highest BCUT2D eigenvalue weighted by molar-refractivity contribution is 5.23. The second-order valence-electron chi connectivity index (χ2n) is 7.68. The topological polar surface area (TPSA) is 55.4 Å². The molecule has 0 spiro atoms. The maximum absolute atomic E-state index is 6.42. The highest BCUT2D eigenvalue weighted by atomic mass is 16.9. The lowest BCUT2D eigenvalue weighted by Crippen LogP contribution is -2.79. The van der Waals surface area contributed by atoms with Gasteiger partial charge in [0.2, 0.25) is 0 Å². The molecule has 0 atom stereocenters. The Kier molecular flexibility index (Phi) is 6.35. The van der Waals surface area contributed by atoms with Crippen molar-refractivity contribution in [3.8, 4) is 0 Å². The summed E-state index contributed by atoms with van der Waals surface area (Å²) in [6, 6.07) is 9.84. The molecule has 0 radical (unpaired) electrons. The lowest BCUT2D eigenvalue weighted by molar-refractivity contribution is -0.552. The van der Waals surface area contributed by atoms with Crippen LogP contribution in [0.5, 0.6) is 0 Å². The molecular weight excluding hydrogens is 360 g/mol. The van der Waals surface area contributed by atoms with Crippen LogP contribution in [0.2, 0.25) is 0 Å². The zero-order chi connectivity index (χ0) is 19.6. The van der Waals surface area contributed by atoms with Gasteiger partial charge in [-0.15, -0.1) is 0 Å². The molecule has 0 aromatic heterocycles. The van der Waals surface area contributed by atoms with Crippen molar-refractivity contribution in [2.45, 2.75) is 82.6 Å². The fraction of sp³-hybridized carbons (Fsp3) is 0.727. The average Bonchev–Trinajstić information content (AvgIpc) is 2.73. The number of rotatable bonds is 10. The Balaban J connectivity index is 1.67. The van der Waals surface area contributed by atoms with Crippen LogP contribution < -0.4 is 0 Å². The van der Waals surface area contributed by atoms with E-state index in [4.69, 9.17) is 28.4 Å². The van der Waals surface area contributed by atoms with Crippen LogP contribution >= 0.6 is 0 Å². The molecule has 3 heterocycles. The van der Waals surface area contributed by atoms with Gasteiger partial charge in [-0.3, -0.25) is 0 Å². The zero-order valence-corrected chi connectivity index (χ0v) is 17.0. The summed E-state index contributed by atoms with van der Waals surface area (Å²) in [6.45, 7) is 8.24. The Morgan fingerprint density at radius 3 is 1.43 bits per heavy atom. The molecule has 1 saturated carbocycles. The van der Waals surface area contributed by atoms with Gasteiger partial charge in [-0.2, -0.15) is 0 Å². The normalized spacial score (nSPS) is 38.8. The molecule has 5 rings (SSSR count). The van der Waals surface area contributed by atoms with Gasteiger partial charge in [0, 0.05) is 25.4 Å². The standard InChI is InChI=1S/C22H32O6/c1-4-12-23-16-19-17(24-13-5-2)21-18(25-14-6-3)20(16)27-22(26-19,28-21)15-10-8-7-9-11-15/h7-11,16-21H,4-6,12-14H2,1-3H3. The third-order valence-electron chi connectivity index (χ3n) is 5.49. The molecule has 6 nitrogen and oxygen atoms in total. The highest BCUT2D eigenvalue weighted by Crippen LogP contribution is 2.52. The first-order chi connectivity index (χ1) is 13.7. The van der Waals surface area contributed by atoms with Crippen LogP contribution in [-0.2, 0) is 34.4 Å². The molecule has 0 unspecified atom stereocenters. The van der Waals surface area contributed by atoms with Crippen LogP contribution in [0.25, 0.3) is 0 Å². The van der Waals surface area contributed by atoms with Crippen molar-refractivity contribution < 1.29 is 28.4 Å². The van der Waals surface area contributed by atoms with Gasteiger partial charge >= 0.3 is 5.97 Å². The number of hydrogen-bond donors (Lipinski definition) is 0. The fourth-order valence-electron chi connectivity index (χ4n) is 4.32.